The third kappa shape index (κ3) is 5.08. The quantitative estimate of drug-likeness (QED) is 0.322. The first-order valence-corrected chi connectivity index (χ1v) is 10.0. The number of aliphatic imine (C=N–C) groups is 1. The minimum atomic E-state index is 0.861. The van der Waals surface area contributed by atoms with Gasteiger partial charge in [0, 0.05) is 48.3 Å². The average molecular weight is 370 g/mol. The number of hydrogen-bond acceptors (Lipinski definition) is 3. The van der Waals surface area contributed by atoms with Crippen molar-refractivity contribution in [2.24, 2.45) is 4.99 Å². The van der Waals surface area contributed by atoms with Gasteiger partial charge in [-0.2, -0.15) is 0 Å². The molecule has 2 heterocycles. The van der Waals surface area contributed by atoms with E-state index >= 15 is 0 Å². The molecule has 26 heavy (non-hydrogen) atoms. The van der Waals surface area contributed by atoms with Gasteiger partial charge in [-0.25, -0.2) is 4.98 Å². The van der Waals surface area contributed by atoms with Crippen LogP contribution < -0.4 is 10.6 Å². The van der Waals surface area contributed by atoms with E-state index in [2.05, 4.69) is 61.4 Å². The highest BCUT2D eigenvalue weighted by Crippen LogP contribution is 2.17. The number of benzene rings is 1. The van der Waals surface area contributed by atoms with Crippen LogP contribution in [0.2, 0.25) is 0 Å². The van der Waals surface area contributed by atoms with E-state index in [0.717, 1.165) is 50.4 Å². The summed E-state index contributed by atoms with van der Waals surface area (Å²) >= 11 is 1.76. The van der Waals surface area contributed by atoms with E-state index in [1.54, 1.807) is 11.3 Å². The van der Waals surface area contributed by atoms with Crippen LogP contribution in [-0.4, -0.2) is 36.1 Å². The largest absolute Gasteiger partial charge is 0.361 e. The van der Waals surface area contributed by atoms with Gasteiger partial charge in [-0.05, 0) is 44.2 Å². The molecule has 0 amide bonds. The average Bonchev–Trinajstić information content (AvgIpc) is 3.26. The van der Waals surface area contributed by atoms with Gasteiger partial charge in [0.25, 0.3) is 0 Å². The van der Waals surface area contributed by atoms with Crippen LogP contribution in [0.4, 0.5) is 0 Å². The number of para-hydroxylation sites is 1. The SMILES string of the molecule is CN=C(NCCCCc1nc(C)cs1)NCCc1c[nH]c2ccccc12. The maximum absolute atomic E-state index is 4.51. The molecule has 6 heteroatoms. The van der Waals surface area contributed by atoms with E-state index in [9.17, 15) is 0 Å². The zero-order chi connectivity index (χ0) is 18.2. The van der Waals surface area contributed by atoms with Crippen LogP contribution in [-0.2, 0) is 12.8 Å². The van der Waals surface area contributed by atoms with E-state index in [4.69, 9.17) is 0 Å². The Morgan fingerprint density at radius 3 is 2.81 bits per heavy atom. The summed E-state index contributed by atoms with van der Waals surface area (Å²) in [6, 6.07) is 8.42. The van der Waals surface area contributed by atoms with E-state index in [1.807, 2.05) is 14.0 Å². The molecule has 3 aromatic rings. The monoisotopic (exact) mass is 369 g/mol. The zero-order valence-electron chi connectivity index (χ0n) is 15.5. The summed E-state index contributed by atoms with van der Waals surface area (Å²) in [4.78, 5) is 12.1. The van der Waals surface area contributed by atoms with Crippen LogP contribution in [0.15, 0.2) is 40.8 Å². The highest BCUT2D eigenvalue weighted by Gasteiger charge is 2.04. The first-order valence-electron chi connectivity index (χ1n) is 9.17. The second kappa shape index (κ2) is 9.38. The Balaban J connectivity index is 1.34. The molecule has 1 aromatic carbocycles. The smallest absolute Gasteiger partial charge is 0.190 e. The Morgan fingerprint density at radius 2 is 2.00 bits per heavy atom. The molecule has 3 rings (SSSR count). The van der Waals surface area contributed by atoms with Gasteiger partial charge in [0.05, 0.1) is 5.01 Å². The first-order chi connectivity index (χ1) is 12.8. The van der Waals surface area contributed by atoms with Gasteiger partial charge in [0.1, 0.15) is 0 Å². The van der Waals surface area contributed by atoms with E-state index in [0.29, 0.717) is 0 Å². The van der Waals surface area contributed by atoms with Crippen molar-refractivity contribution in [1.29, 1.82) is 0 Å². The maximum Gasteiger partial charge on any atom is 0.190 e. The number of aromatic amines is 1. The van der Waals surface area contributed by atoms with E-state index in [1.165, 1.54) is 21.5 Å². The van der Waals surface area contributed by atoms with Gasteiger partial charge in [-0.1, -0.05) is 18.2 Å². The molecule has 0 bridgehead atoms. The lowest BCUT2D eigenvalue weighted by Gasteiger charge is -2.11. The minimum Gasteiger partial charge on any atom is -0.361 e. The first kappa shape index (κ1) is 18.5. The van der Waals surface area contributed by atoms with E-state index < -0.39 is 0 Å². The fourth-order valence-electron chi connectivity index (χ4n) is 3.00. The Kier molecular flexibility index (Phi) is 6.66. The lowest BCUT2D eigenvalue weighted by molar-refractivity contribution is 0.691. The van der Waals surface area contributed by atoms with Crippen LogP contribution in [0, 0.1) is 6.92 Å². The number of nitrogens with zero attached hydrogens (tertiary/aromatic N) is 2. The number of aromatic nitrogens is 2. The molecule has 0 radical (unpaired) electrons. The molecular formula is C20H27N5S. The van der Waals surface area contributed by atoms with Crippen molar-refractivity contribution in [2.75, 3.05) is 20.1 Å². The molecule has 2 aromatic heterocycles. The molecule has 5 nitrogen and oxygen atoms in total. The Hall–Kier alpha value is -2.34. The number of aryl methyl sites for hydroxylation is 2. The van der Waals surface area contributed by atoms with Crippen LogP contribution in [0.1, 0.15) is 29.1 Å². The van der Waals surface area contributed by atoms with Crippen LogP contribution >= 0.6 is 11.3 Å². The molecule has 138 valence electrons. The lowest BCUT2D eigenvalue weighted by atomic mass is 10.1. The van der Waals surface area contributed by atoms with Crippen molar-refractivity contribution < 1.29 is 0 Å². The summed E-state index contributed by atoms with van der Waals surface area (Å²) in [6.07, 6.45) is 6.39. The number of thiazole rings is 1. The zero-order valence-corrected chi connectivity index (χ0v) is 16.3. The molecule has 0 aliphatic heterocycles. The third-order valence-corrected chi connectivity index (χ3v) is 5.39. The van der Waals surface area contributed by atoms with Crippen molar-refractivity contribution in [2.45, 2.75) is 32.6 Å². The normalized spacial score (nSPS) is 11.8. The van der Waals surface area contributed by atoms with Crippen LogP contribution in [0.3, 0.4) is 0 Å². The van der Waals surface area contributed by atoms with Crippen molar-refractivity contribution in [3.8, 4) is 0 Å². The molecule has 0 aliphatic rings. The minimum absolute atomic E-state index is 0.861. The molecule has 0 saturated carbocycles. The second-order valence-electron chi connectivity index (χ2n) is 6.37. The number of guanidine groups is 1. The fourth-order valence-corrected chi connectivity index (χ4v) is 3.82. The van der Waals surface area contributed by atoms with Crippen molar-refractivity contribution in [1.82, 2.24) is 20.6 Å². The van der Waals surface area contributed by atoms with Gasteiger partial charge >= 0.3 is 0 Å². The van der Waals surface area contributed by atoms with Crippen molar-refractivity contribution in [3.63, 3.8) is 0 Å². The molecule has 0 saturated heterocycles. The van der Waals surface area contributed by atoms with Crippen molar-refractivity contribution in [3.05, 3.63) is 52.1 Å². The molecule has 0 spiro atoms. The summed E-state index contributed by atoms with van der Waals surface area (Å²) < 4.78 is 0. The molecule has 0 atom stereocenters. The predicted octanol–water partition coefficient (Wildman–Crippen LogP) is 3.66. The molecular weight excluding hydrogens is 342 g/mol. The molecule has 0 fully saturated rings. The Labute approximate surface area is 159 Å². The molecule has 3 N–H and O–H groups in total. The Morgan fingerprint density at radius 1 is 1.15 bits per heavy atom. The summed E-state index contributed by atoms with van der Waals surface area (Å²) in [5.41, 5.74) is 3.66. The highest BCUT2D eigenvalue weighted by molar-refractivity contribution is 7.09. The number of fused-ring (bicyclic) bond motifs is 1. The van der Waals surface area contributed by atoms with Gasteiger partial charge in [-0.15, -0.1) is 11.3 Å². The number of H-pyrrole nitrogens is 1. The predicted molar refractivity (Wildman–Crippen MR) is 111 cm³/mol. The number of nitrogens with one attached hydrogen (secondary N) is 3. The van der Waals surface area contributed by atoms with Gasteiger partial charge in [-0.3, -0.25) is 4.99 Å². The molecule has 0 unspecified atom stereocenters. The highest BCUT2D eigenvalue weighted by atomic mass is 32.1. The fraction of sp³-hybridized carbons (Fsp3) is 0.400. The number of unbranched alkanes of at least 4 members (excludes halogenated alkanes) is 1. The standard InChI is InChI=1S/C20H27N5S/c1-15-14-26-19(25-15)9-5-6-11-22-20(21-2)23-12-10-16-13-24-18-8-4-3-7-17(16)18/h3-4,7-8,13-14,24H,5-6,9-12H2,1-2H3,(H2,21,22,23). The van der Waals surface area contributed by atoms with E-state index in [-0.39, 0.29) is 0 Å². The number of rotatable bonds is 8. The van der Waals surface area contributed by atoms with Gasteiger partial charge in [0.15, 0.2) is 5.96 Å². The summed E-state index contributed by atoms with van der Waals surface area (Å²) in [5.74, 6) is 0.870. The summed E-state index contributed by atoms with van der Waals surface area (Å²) in [7, 11) is 1.82. The lowest BCUT2D eigenvalue weighted by Crippen LogP contribution is -2.38. The van der Waals surface area contributed by atoms with Crippen molar-refractivity contribution >= 4 is 28.2 Å². The summed E-state index contributed by atoms with van der Waals surface area (Å²) in [5, 5.41) is 11.4. The third-order valence-electron chi connectivity index (χ3n) is 4.36. The second-order valence-corrected chi connectivity index (χ2v) is 7.32. The molecule has 0 aliphatic carbocycles. The topological polar surface area (TPSA) is 65.1 Å². The Bertz CT molecular complexity index is 849. The maximum atomic E-state index is 4.51. The van der Waals surface area contributed by atoms with Gasteiger partial charge < -0.3 is 15.6 Å². The van der Waals surface area contributed by atoms with Crippen LogP contribution in [0.25, 0.3) is 10.9 Å². The summed E-state index contributed by atoms with van der Waals surface area (Å²) in [6.45, 7) is 3.84. The van der Waals surface area contributed by atoms with Gasteiger partial charge in [0.2, 0.25) is 0 Å². The van der Waals surface area contributed by atoms with Crippen LogP contribution in [0.5, 0.6) is 0 Å². The number of hydrogen-bond donors (Lipinski definition) is 3.